The molecule has 2 rings (SSSR count). The second-order valence-corrected chi connectivity index (χ2v) is 6.19. The predicted octanol–water partition coefficient (Wildman–Crippen LogP) is 2.58. The largest absolute Gasteiger partial charge is 0.456 e. The molecule has 3 atom stereocenters. The predicted molar refractivity (Wildman–Crippen MR) is 65.5 cm³/mol. The lowest BCUT2D eigenvalue weighted by Crippen LogP contribution is -2.51. The fourth-order valence-corrected chi connectivity index (χ4v) is 3.56. The van der Waals surface area contributed by atoms with Gasteiger partial charge in [-0.05, 0) is 39.0 Å². The summed E-state index contributed by atoms with van der Waals surface area (Å²) < 4.78 is 5.54. The molecule has 2 bridgehead atoms. The maximum absolute atomic E-state index is 11.6. The van der Waals surface area contributed by atoms with Gasteiger partial charge in [0.25, 0.3) is 0 Å². The minimum atomic E-state index is -0.620. The van der Waals surface area contributed by atoms with Crippen molar-refractivity contribution in [2.75, 3.05) is 0 Å². The maximum Gasteiger partial charge on any atom is 0.333 e. The molecule has 3 unspecified atom stereocenters. The highest BCUT2D eigenvalue weighted by atomic mass is 16.6. The minimum Gasteiger partial charge on any atom is -0.456 e. The molecule has 0 aromatic carbocycles. The van der Waals surface area contributed by atoms with Crippen molar-refractivity contribution in [3.63, 3.8) is 0 Å². The Bertz CT molecular complexity index is 349. The van der Waals surface area contributed by atoms with Gasteiger partial charge in [-0.25, -0.2) is 4.79 Å². The number of fused-ring (bicyclic) bond motifs is 2. The Balaban J connectivity index is 2.10. The van der Waals surface area contributed by atoms with Crippen LogP contribution < -0.4 is 0 Å². The minimum absolute atomic E-state index is 0.337. The van der Waals surface area contributed by atoms with Gasteiger partial charge in [-0.15, -0.1) is 0 Å². The van der Waals surface area contributed by atoms with Crippen molar-refractivity contribution in [1.82, 2.24) is 0 Å². The molecule has 0 heterocycles. The van der Waals surface area contributed by atoms with E-state index >= 15 is 0 Å². The van der Waals surface area contributed by atoms with E-state index < -0.39 is 11.2 Å². The van der Waals surface area contributed by atoms with Crippen LogP contribution in [0.5, 0.6) is 0 Å². The molecule has 0 aromatic heterocycles. The smallest absolute Gasteiger partial charge is 0.333 e. The van der Waals surface area contributed by atoms with Gasteiger partial charge in [0.05, 0.1) is 5.60 Å². The molecule has 0 radical (unpaired) electrons. The Morgan fingerprint density at radius 3 is 2.76 bits per heavy atom. The summed E-state index contributed by atoms with van der Waals surface area (Å²) in [6, 6.07) is 0. The molecule has 3 nitrogen and oxygen atoms in total. The topological polar surface area (TPSA) is 46.5 Å². The maximum atomic E-state index is 11.6. The lowest BCUT2D eigenvalue weighted by atomic mass is 9.64. The molecule has 3 heteroatoms. The van der Waals surface area contributed by atoms with E-state index in [0.29, 0.717) is 17.9 Å². The average molecular weight is 238 g/mol. The first-order chi connectivity index (χ1) is 7.82. The van der Waals surface area contributed by atoms with Crippen molar-refractivity contribution in [3.8, 4) is 0 Å². The van der Waals surface area contributed by atoms with Crippen LogP contribution in [0.25, 0.3) is 0 Å². The second-order valence-electron chi connectivity index (χ2n) is 6.19. The van der Waals surface area contributed by atoms with Crippen molar-refractivity contribution in [2.24, 2.45) is 5.92 Å². The summed E-state index contributed by atoms with van der Waals surface area (Å²) in [6.45, 7) is 7.20. The third-order valence-electron chi connectivity index (χ3n) is 4.03. The molecule has 0 aliphatic heterocycles. The Morgan fingerprint density at radius 2 is 2.18 bits per heavy atom. The van der Waals surface area contributed by atoms with E-state index in [1.165, 1.54) is 0 Å². The average Bonchev–Trinajstić information content (AvgIpc) is 2.13. The first-order valence-electron chi connectivity index (χ1n) is 6.43. The molecule has 2 saturated carbocycles. The lowest BCUT2D eigenvalue weighted by molar-refractivity contribution is -0.177. The Labute approximate surface area is 103 Å². The fraction of sp³-hybridized carbons (Fsp3) is 0.786. The summed E-state index contributed by atoms with van der Waals surface area (Å²) in [7, 11) is 0. The molecule has 0 spiro atoms. The van der Waals surface area contributed by atoms with E-state index in [-0.39, 0.29) is 5.97 Å². The molecule has 2 aliphatic rings. The molecule has 1 N–H and O–H groups in total. The standard InChI is InChI=1S/C14H22O3/c1-10(2)12(15)17-13(3)7-11-5-4-6-14(16,8-11)9-13/h11,16H,1,4-9H2,2-3H3. The van der Waals surface area contributed by atoms with Crippen molar-refractivity contribution < 1.29 is 14.6 Å². The van der Waals surface area contributed by atoms with Crippen LogP contribution in [0, 0.1) is 5.92 Å². The van der Waals surface area contributed by atoms with Gasteiger partial charge in [-0.2, -0.15) is 0 Å². The molecular formula is C14H22O3. The second kappa shape index (κ2) is 4.13. The Kier molecular flexibility index (Phi) is 3.06. The van der Waals surface area contributed by atoms with Crippen LogP contribution in [-0.2, 0) is 9.53 Å². The number of carbonyl (C=O) groups excluding carboxylic acids is 1. The van der Waals surface area contributed by atoms with Crippen LogP contribution in [0.2, 0.25) is 0 Å². The van der Waals surface area contributed by atoms with Crippen molar-refractivity contribution in [1.29, 1.82) is 0 Å². The van der Waals surface area contributed by atoms with E-state index in [0.717, 1.165) is 32.1 Å². The molecular weight excluding hydrogens is 216 g/mol. The van der Waals surface area contributed by atoms with E-state index in [9.17, 15) is 9.90 Å². The van der Waals surface area contributed by atoms with Crippen LogP contribution in [-0.4, -0.2) is 22.3 Å². The van der Waals surface area contributed by atoms with Gasteiger partial charge in [-0.1, -0.05) is 19.4 Å². The highest BCUT2D eigenvalue weighted by Gasteiger charge is 2.49. The van der Waals surface area contributed by atoms with E-state index in [2.05, 4.69) is 6.58 Å². The van der Waals surface area contributed by atoms with Crippen LogP contribution in [0.1, 0.15) is 52.4 Å². The van der Waals surface area contributed by atoms with Gasteiger partial charge >= 0.3 is 5.97 Å². The van der Waals surface area contributed by atoms with E-state index in [1.807, 2.05) is 6.92 Å². The number of hydrogen-bond acceptors (Lipinski definition) is 3. The molecule has 2 fully saturated rings. The van der Waals surface area contributed by atoms with Gasteiger partial charge in [0.15, 0.2) is 0 Å². The van der Waals surface area contributed by atoms with Gasteiger partial charge in [-0.3, -0.25) is 0 Å². The number of hydrogen-bond donors (Lipinski definition) is 1. The summed E-state index contributed by atoms with van der Waals surface area (Å²) in [6.07, 6.45) is 5.37. The zero-order chi connectivity index (χ0) is 12.7. The van der Waals surface area contributed by atoms with Crippen LogP contribution in [0.4, 0.5) is 0 Å². The quantitative estimate of drug-likeness (QED) is 0.594. The van der Waals surface area contributed by atoms with Gasteiger partial charge in [0.2, 0.25) is 0 Å². The van der Waals surface area contributed by atoms with Gasteiger partial charge < -0.3 is 9.84 Å². The number of aliphatic hydroxyl groups is 1. The van der Waals surface area contributed by atoms with Crippen LogP contribution >= 0.6 is 0 Å². The Hall–Kier alpha value is -0.830. The highest BCUT2D eigenvalue weighted by molar-refractivity contribution is 5.87. The fourth-order valence-electron chi connectivity index (χ4n) is 3.56. The summed E-state index contributed by atoms with van der Waals surface area (Å²) in [5, 5.41) is 10.5. The molecule has 2 aliphatic carbocycles. The lowest BCUT2D eigenvalue weighted by Gasteiger charge is -2.49. The molecule has 17 heavy (non-hydrogen) atoms. The summed E-state index contributed by atoms with van der Waals surface area (Å²) in [5.41, 5.74) is -0.715. The zero-order valence-corrected chi connectivity index (χ0v) is 10.8. The van der Waals surface area contributed by atoms with Crippen molar-refractivity contribution >= 4 is 5.97 Å². The zero-order valence-electron chi connectivity index (χ0n) is 10.8. The van der Waals surface area contributed by atoms with Gasteiger partial charge in [0, 0.05) is 12.0 Å². The molecule has 0 aromatic rings. The third kappa shape index (κ3) is 2.71. The third-order valence-corrected chi connectivity index (χ3v) is 4.03. The Morgan fingerprint density at radius 1 is 1.47 bits per heavy atom. The number of rotatable bonds is 2. The molecule has 0 saturated heterocycles. The summed E-state index contributed by atoms with van der Waals surface area (Å²) in [4.78, 5) is 11.6. The van der Waals surface area contributed by atoms with Crippen LogP contribution in [0.15, 0.2) is 12.2 Å². The normalized spacial score (nSPS) is 40.8. The van der Waals surface area contributed by atoms with Crippen LogP contribution in [0.3, 0.4) is 0 Å². The number of carbonyl (C=O) groups is 1. The monoisotopic (exact) mass is 238 g/mol. The van der Waals surface area contributed by atoms with E-state index in [4.69, 9.17) is 4.74 Å². The summed E-state index contributed by atoms with van der Waals surface area (Å²) in [5.74, 6) is 0.154. The highest BCUT2D eigenvalue weighted by Crippen LogP contribution is 2.48. The first kappa shape index (κ1) is 12.6. The number of esters is 1. The molecule has 0 amide bonds. The van der Waals surface area contributed by atoms with Crippen molar-refractivity contribution in [2.45, 2.75) is 63.6 Å². The molecule has 96 valence electrons. The SMILES string of the molecule is C=C(C)C(=O)OC1(C)CC2CCCC(O)(C2)C1. The van der Waals surface area contributed by atoms with Gasteiger partial charge in [0.1, 0.15) is 5.60 Å². The van der Waals surface area contributed by atoms with E-state index in [1.54, 1.807) is 6.92 Å². The first-order valence-corrected chi connectivity index (χ1v) is 6.43. The number of ether oxygens (including phenoxy) is 1. The summed E-state index contributed by atoms with van der Waals surface area (Å²) >= 11 is 0. The van der Waals surface area contributed by atoms with Crippen molar-refractivity contribution in [3.05, 3.63) is 12.2 Å².